The highest BCUT2D eigenvalue weighted by Crippen LogP contribution is 2.39. The van der Waals surface area contributed by atoms with E-state index < -0.39 is 33.4 Å². The second kappa shape index (κ2) is 10.8. The van der Waals surface area contributed by atoms with Gasteiger partial charge in [0.05, 0.1) is 12.8 Å². The molecule has 2 aromatic carbocycles. The summed E-state index contributed by atoms with van der Waals surface area (Å²) in [6, 6.07) is 12.6. The average Bonchev–Trinajstić information content (AvgIpc) is 2.67. The van der Waals surface area contributed by atoms with Crippen molar-refractivity contribution in [1.29, 1.82) is 0 Å². The van der Waals surface area contributed by atoms with Crippen LogP contribution >= 0.6 is 8.25 Å². The number of hydrogen-bond donors (Lipinski definition) is 0. The van der Waals surface area contributed by atoms with Crippen LogP contribution in [-0.4, -0.2) is 12.4 Å². The van der Waals surface area contributed by atoms with E-state index in [1.807, 2.05) is 0 Å². The van der Waals surface area contributed by atoms with Gasteiger partial charge < -0.3 is 9.05 Å². The summed E-state index contributed by atoms with van der Waals surface area (Å²) in [6.07, 6.45) is -10.3. The van der Waals surface area contributed by atoms with E-state index in [-0.39, 0.29) is 22.6 Å². The van der Waals surface area contributed by atoms with Gasteiger partial charge in [-0.3, -0.25) is 0 Å². The van der Waals surface area contributed by atoms with Crippen LogP contribution in [0.2, 0.25) is 0 Å². The van der Waals surface area contributed by atoms with E-state index in [9.17, 15) is 30.9 Å². The Kier molecular flexibility index (Phi) is 8.61. The molecule has 0 atom stereocenters. The third-order valence-corrected chi connectivity index (χ3v) is 4.80. The molecule has 0 saturated heterocycles. The van der Waals surface area contributed by atoms with Gasteiger partial charge in [-0.25, -0.2) is 4.57 Å². The van der Waals surface area contributed by atoms with Gasteiger partial charge in [0.15, 0.2) is 0 Å². The molecule has 0 bridgehead atoms. The van der Waals surface area contributed by atoms with Crippen molar-refractivity contribution in [3.8, 4) is 0 Å². The van der Waals surface area contributed by atoms with Gasteiger partial charge in [0.25, 0.3) is 0 Å². The second-order valence-electron chi connectivity index (χ2n) is 6.97. The molecule has 32 heavy (non-hydrogen) atoms. The van der Waals surface area contributed by atoms with Gasteiger partial charge in [-0.05, 0) is 38.1 Å². The molecule has 0 saturated carbocycles. The summed E-state index contributed by atoms with van der Waals surface area (Å²) in [6.45, 7) is 3.42. The summed E-state index contributed by atoms with van der Waals surface area (Å²) in [5.41, 5.74) is 1.89. The maximum absolute atomic E-state index is 12.7. The first kappa shape index (κ1) is 25.6. The number of benzene rings is 2. The lowest BCUT2D eigenvalue weighted by Gasteiger charge is -2.15. The van der Waals surface area contributed by atoms with E-state index in [4.69, 9.17) is 9.05 Å². The lowest BCUT2D eigenvalue weighted by Crippen LogP contribution is -2.05. The summed E-state index contributed by atoms with van der Waals surface area (Å²) in [5, 5.41) is 0. The van der Waals surface area contributed by atoms with Crippen LogP contribution in [0.3, 0.4) is 0 Å². The fourth-order valence-corrected chi connectivity index (χ4v) is 3.45. The third kappa shape index (κ3) is 9.22. The van der Waals surface area contributed by atoms with Crippen LogP contribution in [0.15, 0.2) is 60.7 Å². The van der Waals surface area contributed by atoms with Crippen LogP contribution in [-0.2, 0) is 13.6 Å². The zero-order chi connectivity index (χ0) is 23.9. The zero-order valence-corrected chi connectivity index (χ0v) is 18.2. The van der Waals surface area contributed by atoms with Crippen LogP contribution in [0, 0.1) is 13.8 Å². The number of rotatable bonds is 8. The van der Waals surface area contributed by atoms with Crippen LogP contribution in [0.1, 0.15) is 35.1 Å². The van der Waals surface area contributed by atoms with Gasteiger partial charge in [-0.1, -0.05) is 47.5 Å². The van der Waals surface area contributed by atoms with E-state index in [1.54, 1.807) is 38.1 Å². The highest BCUT2D eigenvalue weighted by molar-refractivity contribution is 7.34. The van der Waals surface area contributed by atoms with E-state index in [0.717, 1.165) is 11.1 Å². The molecular formula is C22H21F6O3P. The summed E-state index contributed by atoms with van der Waals surface area (Å²) >= 11 is 0. The first-order valence-corrected chi connectivity index (χ1v) is 10.6. The monoisotopic (exact) mass is 478 g/mol. The Balaban J connectivity index is 2.31. The van der Waals surface area contributed by atoms with Crippen molar-refractivity contribution in [2.75, 3.05) is 0 Å². The topological polar surface area (TPSA) is 35.5 Å². The van der Waals surface area contributed by atoms with Gasteiger partial charge in [-0.15, -0.1) is 0 Å². The Hall–Kier alpha value is -2.67. The molecule has 0 radical (unpaired) electrons. The van der Waals surface area contributed by atoms with E-state index >= 15 is 0 Å². The van der Waals surface area contributed by atoms with Gasteiger partial charge in [0.2, 0.25) is 0 Å². The minimum absolute atomic E-state index is 0.229. The first-order valence-electron chi connectivity index (χ1n) is 9.40. The Morgan fingerprint density at radius 2 is 1.16 bits per heavy atom. The fraction of sp³-hybridized carbons (Fsp3) is 0.273. The Morgan fingerprint density at radius 3 is 1.47 bits per heavy atom. The van der Waals surface area contributed by atoms with Crippen molar-refractivity contribution in [2.24, 2.45) is 0 Å². The van der Waals surface area contributed by atoms with E-state index in [0.29, 0.717) is 12.2 Å². The van der Waals surface area contributed by atoms with Gasteiger partial charge in [0, 0.05) is 11.1 Å². The minimum Gasteiger partial charge on any atom is -0.418 e. The van der Waals surface area contributed by atoms with Crippen molar-refractivity contribution in [1.82, 2.24) is 0 Å². The number of aryl methyl sites for hydroxylation is 2. The molecular weight excluding hydrogens is 457 g/mol. The van der Waals surface area contributed by atoms with Crippen LogP contribution < -0.4 is 0 Å². The Morgan fingerprint density at radius 1 is 0.781 bits per heavy atom. The first-order chi connectivity index (χ1) is 14.8. The number of alkyl halides is 6. The molecule has 2 rings (SSSR count). The molecule has 2 aromatic rings. The maximum atomic E-state index is 12.7. The molecule has 0 heterocycles. The lowest BCUT2D eigenvalue weighted by atomic mass is 10.1. The highest BCUT2D eigenvalue weighted by Gasteiger charge is 2.27. The number of halogens is 6. The molecule has 0 aliphatic carbocycles. The van der Waals surface area contributed by atoms with Crippen molar-refractivity contribution >= 4 is 19.8 Å². The Bertz CT molecular complexity index is 930. The smallest absolute Gasteiger partial charge is 0.418 e. The molecule has 0 aliphatic rings. The standard InChI is InChI=1S/C22H21F6O3P/c1-15-5-3-7-17(13-15)19(9-11-21(23,24)25)30-32(29)31-20(10-12-22(26,27)28)18-8-4-6-16(2)14-18/h3-10,13-14,32H,11-12H2,1-2H3. The molecule has 0 aliphatic heterocycles. The van der Waals surface area contributed by atoms with Crippen molar-refractivity contribution in [2.45, 2.75) is 39.0 Å². The zero-order valence-electron chi connectivity index (χ0n) is 17.2. The van der Waals surface area contributed by atoms with Gasteiger partial charge >= 0.3 is 20.6 Å². The van der Waals surface area contributed by atoms with Crippen LogP contribution in [0.25, 0.3) is 11.5 Å². The molecule has 0 aromatic heterocycles. The molecule has 3 nitrogen and oxygen atoms in total. The molecule has 0 unspecified atom stereocenters. The third-order valence-electron chi connectivity index (χ3n) is 4.03. The van der Waals surface area contributed by atoms with E-state index in [2.05, 4.69) is 0 Å². The number of hydrogen-bond acceptors (Lipinski definition) is 3. The highest BCUT2D eigenvalue weighted by atomic mass is 31.1. The fourth-order valence-electron chi connectivity index (χ4n) is 2.65. The summed E-state index contributed by atoms with van der Waals surface area (Å²) < 4.78 is 99.1. The van der Waals surface area contributed by atoms with E-state index in [1.165, 1.54) is 24.3 Å². The summed E-state index contributed by atoms with van der Waals surface area (Å²) in [4.78, 5) is 0. The summed E-state index contributed by atoms with van der Waals surface area (Å²) in [5.74, 6) is -0.677. The molecule has 0 spiro atoms. The summed E-state index contributed by atoms with van der Waals surface area (Å²) in [7, 11) is -3.56. The quantitative estimate of drug-likeness (QED) is 0.219. The molecule has 174 valence electrons. The minimum atomic E-state index is -4.53. The van der Waals surface area contributed by atoms with Gasteiger partial charge in [0.1, 0.15) is 11.5 Å². The average molecular weight is 478 g/mol. The van der Waals surface area contributed by atoms with Gasteiger partial charge in [-0.2, -0.15) is 26.3 Å². The normalized spacial score (nSPS) is 14.2. The van der Waals surface area contributed by atoms with Crippen molar-refractivity contribution < 1.29 is 40.0 Å². The maximum Gasteiger partial charge on any atom is 0.418 e. The van der Waals surface area contributed by atoms with Crippen LogP contribution in [0.4, 0.5) is 26.3 Å². The second-order valence-corrected chi connectivity index (χ2v) is 7.88. The molecule has 0 fully saturated rings. The lowest BCUT2D eigenvalue weighted by molar-refractivity contribution is -0.125. The largest absolute Gasteiger partial charge is 0.418 e. The van der Waals surface area contributed by atoms with Crippen molar-refractivity contribution in [3.63, 3.8) is 0 Å². The number of allylic oxidation sites excluding steroid dienone is 2. The predicted octanol–water partition coefficient (Wildman–Crippen LogP) is 8.01. The Labute approximate surface area is 182 Å². The molecule has 10 heteroatoms. The SMILES string of the molecule is Cc1cccc(C(=CCC(F)(F)F)O[PH](=O)OC(=CCC(F)(F)F)c2cccc(C)c2)c1. The molecule has 0 amide bonds. The van der Waals surface area contributed by atoms with Crippen molar-refractivity contribution in [3.05, 3.63) is 82.9 Å². The molecule has 0 N–H and O–H groups in total. The predicted molar refractivity (Wildman–Crippen MR) is 111 cm³/mol. The van der Waals surface area contributed by atoms with Crippen LogP contribution in [0.5, 0.6) is 0 Å².